The molecule has 0 aliphatic heterocycles. The molecule has 6 nitrogen and oxygen atoms in total. The number of rotatable bonds is 6. The summed E-state index contributed by atoms with van der Waals surface area (Å²) in [6.45, 7) is 1.70. The Bertz CT molecular complexity index is 1060. The van der Waals surface area contributed by atoms with Gasteiger partial charge in [-0.1, -0.05) is 25.1 Å². The number of benzene rings is 2. The normalized spacial score (nSPS) is 12.0. The van der Waals surface area contributed by atoms with Crippen molar-refractivity contribution in [1.82, 2.24) is 4.98 Å². The summed E-state index contributed by atoms with van der Waals surface area (Å²) in [6, 6.07) is 10.7. The van der Waals surface area contributed by atoms with Crippen LogP contribution < -0.4 is 9.62 Å². The minimum Gasteiger partial charge on any atom is -0.755 e. The second kappa shape index (κ2) is 8.41. The van der Waals surface area contributed by atoms with E-state index in [1.165, 1.54) is 6.20 Å². The number of pyridine rings is 1. The first-order chi connectivity index (χ1) is 13.4. The highest BCUT2D eigenvalue weighted by atomic mass is 32.2. The molecule has 0 saturated heterocycles. The van der Waals surface area contributed by atoms with Gasteiger partial charge < -0.3 is 9.87 Å². The minimum atomic E-state index is -2.77. The number of aromatic nitrogens is 1. The zero-order valence-electron chi connectivity index (χ0n) is 14.8. The second-order valence-electron chi connectivity index (χ2n) is 5.95. The molecule has 0 spiro atoms. The summed E-state index contributed by atoms with van der Waals surface area (Å²) in [5, 5.41) is 3.15. The van der Waals surface area contributed by atoms with E-state index in [1.807, 2.05) is 6.07 Å². The van der Waals surface area contributed by atoms with Crippen LogP contribution in [0.2, 0.25) is 0 Å². The van der Waals surface area contributed by atoms with Crippen LogP contribution in [0.25, 0.3) is 10.9 Å². The van der Waals surface area contributed by atoms with Gasteiger partial charge in [0, 0.05) is 23.2 Å². The Kier molecular flexibility index (Phi) is 5.96. The molecule has 0 saturated carbocycles. The minimum absolute atomic E-state index is 0.00564. The van der Waals surface area contributed by atoms with Crippen molar-refractivity contribution in [2.24, 2.45) is 0 Å². The summed E-state index contributed by atoms with van der Waals surface area (Å²) in [6.07, 6.45) is 1.78. The maximum absolute atomic E-state index is 14.8. The second-order valence-corrected chi connectivity index (χ2v) is 6.82. The Morgan fingerprint density at radius 1 is 1.25 bits per heavy atom. The summed E-state index contributed by atoms with van der Waals surface area (Å²) in [5.74, 6) is -3.38. The molecule has 3 rings (SSSR count). The van der Waals surface area contributed by atoms with E-state index in [0.29, 0.717) is 11.9 Å². The van der Waals surface area contributed by atoms with E-state index in [1.54, 1.807) is 31.2 Å². The Hall–Kier alpha value is -2.91. The van der Waals surface area contributed by atoms with E-state index in [2.05, 4.69) is 10.3 Å². The maximum atomic E-state index is 14.8. The van der Waals surface area contributed by atoms with Crippen molar-refractivity contribution >= 4 is 39.5 Å². The summed E-state index contributed by atoms with van der Waals surface area (Å²) in [7, 11) is 0. The average Bonchev–Trinajstić information content (AvgIpc) is 2.66. The third-order valence-corrected chi connectivity index (χ3v) is 4.76. The number of amides is 1. The van der Waals surface area contributed by atoms with Crippen molar-refractivity contribution in [3.8, 4) is 0 Å². The molecule has 28 heavy (non-hydrogen) atoms. The highest BCUT2D eigenvalue weighted by Crippen LogP contribution is 2.27. The number of hydrogen-bond acceptors (Lipinski definition) is 4. The lowest BCUT2D eigenvalue weighted by atomic mass is 10.1. The molecule has 0 bridgehead atoms. The van der Waals surface area contributed by atoms with Crippen molar-refractivity contribution in [1.29, 1.82) is 0 Å². The highest BCUT2D eigenvalue weighted by molar-refractivity contribution is 7.80. The van der Waals surface area contributed by atoms with Gasteiger partial charge in [0.2, 0.25) is 0 Å². The summed E-state index contributed by atoms with van der Waals surface area (Å²) in [4.78, 5) is 16.7. The molecule has 1 N–H and O–H groups in total. The number of nitrogens with one attached hydrogen (secondary N) is 1. The quantitative estimate of drug-likeness (QED) is 0.634. The smallest absolute Gasteiger partial charge is 0.261 e. The van der Waals surface area contributed by atoms with Crippen molar-refractivity contribution in [3.63, 3.8) is 0 Å². The SMILES string of the molecule is CCCN(c1ccc(F)c(C(=O)Nc2cnc3ccccc3c2)c1F)S(=O)[O-]. The third-order valence-electron chi connectivity index (χ3n) is 4.02. The summed E-state index contributed by atoms with van der Waals surface area (Å²) in [5.41, 5.74) is -0.297. The molecule has 2 aromatic carbocycles. The van der Waals surface area contributed by atoms with E-state index in [9.17, 15) is 22.3 Å². The fraction of sp³-hybridized carbons (Fsp3) is 0.158. The van der Waals surface area contributed by atoms with Crippen LogP contribution in [0.1, 0.15) is 23.7 Å². The van der Waals surface area contributed by atoms with Gasteiger partial charge in [-0.3, -0.25) is 18.3 Å². The Labute approximate surface area is 162 Å². The molecule has 1 unspecified atom stereocenters. The molecule has 0 fully saturated rings. The van der Waals surface area contributed by atoms with E-state index >= 15 is 0 Å². The number of para-hydroxylation sites is 1. The highest BCUT2D eigenvalue weighted by Gasteiger charge is 2.24. The van der Waals surface area contributed by atoms with Gasteiger partial charge in [0.25, 0.3) is 5.91 Å². The first kappa shape index (κ1) is 19.8. The largest absolute Gasteiger partial charge is 0.755 e. The molecule has 9 heteroatoms. The maximum Gasteiger partial charge on any atom is 0.261 e. The van der Waals surface area contributed by atoms with Gasteiger partial charge in [0.1, 0.15) is 11.4 Å². The monoisotopic (exact) mass is 404 g/mol. The average molecular weight is 404 g/mol. The number of carbonyl (C=O) groups is 1. The van der Waals surface area contributed by atoms with Crippen LogP contribution in [0.15, 0.2) is 48.7 Å². The molecule has 0 aliphatic carbocycles. The molecule has 1 amide bonds. The number of nitrogens with zero attached hydrogens (tertiary/aromatic N) is 2. The lowest BCUT2D eigenvalue weighted by Crippen LogP contribution is -2.28. The van der Waals surface area contributed by atoms with Gasteiger partial charge in [-0.15, -0.1) is 0 Å². The van der Waals surface area contributed by atoms with Gasteiger partial charge in [-0.2, -0.15) is 0 Å². The fourth-order valence-corrected chi connectivity index (χ4v) is 3.39. The zero-order valence-corrected chi connectivity index (χ0v) is 15.6. The first-order valence-electron chi connectivity index (χ1n) is 8.43. The van der Waals surface area contributed by atoms with Gasteiger partial charge in [-0.05, 0) is 30.7 Å². The van der Waals surface area contributed by atoms with Crippen LogP contribution in [0.5, 0.6) is 0 Å². The zero-order chi connectivity index (χ0) is 20.3. The Morgan fingerprint density at radius 3 is 2.71 bits per heavy atom. The van der Waals surface area contributed by atoms with Crippen LogP contribution in [-0.2, 0) is 11.3 Å². The van der Waals surface area contributed by atoms with Crippen molar-refractivity contribution in [3.05, 3.63) is 65.9 Å². The number of hydrogen-bond donors (Lipinski definition) is 1. The predicted molar refractivity (Wildman–Crippen MR) is 103 cm³/mol. The molecular weight excluding hydrogens is 388 g/mol. The van der Waals surface area contributed by atoms with Crippen LogP contribution in [-0.4, -0.2) is 26.2 Å². The molecule has 3 aromatic rings. The number of anilines is 2. The van der Waals surface area contributed by atoms with E-state index in [-0.39, 0.29) is 12.2 Å². The molecule has 1 heterocycles. The molecule has 0 radical (unpaired) electrons. The van der Waals surface area contributed by atoms with Crippen LogP contribution in [0.3, 0.4) is 0 Å². The fourth-order valence-electron chi connectivity index (χ4n) is 2.75. The lowest BCUT2D eigenvalue weighted by molar-refractivity contribution is 0.101. The van der Waals surface area contributed by atoms with Gasteiger partial charge in [0.15, 0.2) is 5.82 Å². The molecule has 1 atom stereocenters. The Balaban J connectivity index is 1.96. The van der Waals surface area contributed by atoms with Crippen LogP contribution in [0, 0.1) is 11.6 Å². The summed E-state index contributed by atoms with van der Waals surface area (Å²) < 4.78 is 52.5. The Morgan fingerprint density at radius 2 is 2.00 bits per heavy atom. The number of fused-ring (bicyclic) bond motifs is 1. The van der Waals surface area contributed by atoms with E-state index in [4.69, 9.17) is 0 Å². The summed E-state index contributed by atoms with van der Waals surface area (Å²) >= 11 is -2.77. The van der Waals surface area contributed by atoms with Gasteiger partial charge in [0.05, 0.1) is 23.1 Å². The first-order valence-corrected chi connectivity index (χ1v) is 9.46. The van der Waals surface area contributed by atoms with Gasteiger partial charge >= 0.3 is 0 Å². The molecule has 1 aromatic heterocycles. The number of carbonyl (C=O) groups excluding carboxylic acids is 1. The van der Waals surface area contributed by atoms with Crippen LogP contribution >= 0.6 is 0 Å². The molecule has 0 aliphatic rings. The van der Waals surface area contributed by atoms with E-state index in [0.717, 1.165) is 21.8 Å². The lowest BCUT2D eigenvalue weighted by Gasteiger charge is -2.26. The van der Waals surface area contributed by atoms with Crippen molar-refractivity contribution < 1.29 is 22.3 Å². The standard InChI is InChI=1S/C19H17F2N3O3S/c1-2-9-24(28(26)27)16-8-7-14(20)17(18(16)21)19(25)23-13-10-12-5-3-4-6-15(12)22-11-13/h3-8,10-11H,2,9H2,1H3,(H,23,25)(H,26,27)/p-1. The van der Waals surface area contributed by atoms with Crippen molar-refractivity contribution in [2.75, 3.05) is 16.2 Å². The molecule has 146 valence electrons. The number of halogens is 2. The molecular formula is C19H16F2N3O3S-. The van der Waals surface area contributed by atoms with Gasteiger partial charge in [-0.25, -0.2) is 8.78 Å². The van der Waals surface area contributed by atoms with E-state index < -0.39 is 40.1 Å². The predicted octanol–water partition coefficient (Wildman–Crippen LogP) is 3.78. The van der Waals surface area contributed by atoms with Crippen LogP contribution in [0.4, 0.5) is 20.2 Å². The van der Waals surface area contributed by atoms with Crippen molar-refractivity contribution in [2.45, 2.75) is 13.3 Å². The topological polar surface area (TPSA) is 85.4 Å². The third kappa shape index (κ3) is 4.00.